The van der Waals surface area contributed by atoms with Gasteiger partial charge in [0.25, 0.3) is 0 Å². The van der Waals surface area contributed by atoms with E-state index >= 15 is 0 Å². The third-order valence-electron chi connectivity index (χ3n) is 5.43. The first-order valence-corrected chi connectivity index (χ1v) is 8.81. The van der Waals surface area contributed by atoms with Crippen LogP contribution in [0.15, 0.2) is 50.2 Å². The number of furan rings is 1. The number of benzene rings is 2. The summed E-state index contributed by atoms with van der Waals surface area (Å²) < 4.78 is 16.8. The molecule has 0 bridgehead atoms. The second-order valence-electron chi connectivity index (χ2n) is 6.83. The van der Waals surface area contributed by atoms with Crippen LogP contribution in [0.2, 0.25) is 0 Å². The Labute approximate surface area is 150 Å². The molecule has 0 saturated heterocycles. The van der Waals surface area contributed by atoms with Crippen LogP contribution in [0.3, 0.4) is 0 Å². The molecular weight excluding hydrogens is 328 g/mol. The van der Waals surface area contributed by atoms with E-state index in [1.165, 1.54) is 0 Å². The van der Waals surface area contributed by atoms with Crippen molar-refractivity contribution < 1.29 is 13.6 Å². The molecular formula is C22H18O4. The van der Waals surface area contributed by atoms with Crippen LogP contribution in [0.25, 0.3) is 33.1 Å². The number of fused-ring (bicyclic) bond motifs is 4. The fourth-order valence-electron chi connectivity index (χ4n) is 4.09. The van der Waals surface area contributed by atoms with Crippen molar-refractivity contribution in [1.29, 1.82) is 0 Å². The van der Waals surface area contributed by atoms with Crippen molar-refractivity contribution in [1.82, 2.24) is 0 Å². The van der Waals surface area contributed by atoms with E-state index in [2.05, 4.69) is 6.07 Å². The Morgan fingerprint density at radius 2 is 1.77 bits per heavy atom. The number of aryl methyl sites for hydroxylation is 2. The highest BCUT2D eigenvalue weighted by atomic mass is 16.5. The molecule has 130 valence electrons. The first-order chi connectivity index (χ1) is 12.7. The van der Waals surface area contributed by atoms with Gasteiger partial charge in [0, 0.05) is 27.5 Å². The van der Waals surface area contributed by atoms with Gasteiger partial charge in [-0.2, -0.15) is 0 Å². The standard InChI is InChI=1S/C22H18O4/c1-12-20-18(19(11-25-20)13-6-8-14(24-2)9-7-13)10-17-15-4-3-5-16(15)22(23)26-21(12)17/h6-11H,3-5H2,1-2H3. The molecule has 1 aliphatic rings. The molecule has 26 heavy (non-hydrogen) atoms. The van der Waals surface area contributed by atoms with Crippen LogP contribution in [0.1, 0.15) is 23.1 Å². The molecule has 0 unspecified atom stereocenters. The number of hydrogen-bond donors (Lipinski definition) is 0. The van der Waals surface area contributed by atoms with Crippen LogP contribution < -0.4 is 10.4 Å². The molecule has 0 amide bonds. The summed E-state index contributed by atoms with van der Waals surface area (Å²) in [6.07, 6.45) is 4.52. The molecule has 0 radical (unpaired) electrons. The highest BCUT2D eigenvalue weighted by molar-refractivity contribution is 6.05. The molecule has 2 aromatic carbocycles. The summed E-state index contributed by atoms with van der Waals surface area (Å²) in [5.74, 6) is 0.822. The molecule has 1 aliphatic carbocycles. The quantitative estimate of drug-likeness (QED) is 0.479. The number of hydrogen-bond acceptors (Lipinski definition) is 4. The minimum atomic E-state index is -0.200. The van der Waals surface area contributed by atoms with E-state index in [4.69, 9.17) is 13.6 Å². The third kappa shape index (κ3) is 2.05. The molecule has 4 aromatic rings. The molecule has 0 atom stereocenters. The van der Waals surface area contributed by atoms with Crippen molar-refractivity contribution in [3.63, 3.8) is 0 Å². The molecule has 0 N–H and O–H groups in total. The van der Waals surface area contributed by atoms with Gasteiger partial charge < -0.3 is 13.6 Å². The van der Waals surface area contributed by atoms with Crippen molar-refractivity contribution in [2.24, 2.45) is 0 Å². The van der Waals surface area contributed by atoms with E-state index in [9.17, 15) is 4.79 Å². The van der Waals surface area contributed by atoms with Gasteiger partial charge in [-0.25, -0.2) is 4.79 Å². The van der Waals surface area contributed by atoms with Crippen LogP contribution in [0.4, 0.5) is 0 Å². The van der Waals surface area contributed by atoms with Crippen molar-refractivity contribution in [2.45, 2.75) is 26.2 Å². The Kier molecular flexibility index (Phi) is 3.23. The highest BCUT2D eigenvalue weighted by Gasteiger charge is 2.23. The van der Waals surface area contributed by atoms with Gasteiger partial charge in [0.2, 0.25) is 0 Å². The van der Waals surface area contributed by atoms with Gasteiger partial charge >= 0.3 is 5.63 Å². The van der Waals surface area contributed by atoms with Crippen molar-refractivity contribution >= 4 is 21.9 Å². The van der Waals surface area contributed by atoms with Gasteiger partial charge in [-0.3, -0.25) is 0 Å². The lowest BCUT2D eigenvalue weighted by atomic mass is 9.98. The average molecular weight is 346 g/mol. The van der Waals surface area contributed by atoms with E-state index < -0.39 is 0 Å². The van der Waals surface area contributed by atoms with Crippen molar-refractivity contribution in [2.75, 3.05) is 7.11 Å². The summed E-state index contributed by atoms with van der Waals surface area (Å²) in [5.41, 5.74) is 6.18. The Bertz CT molecular complexity index is 1210. The Morgan fingerprint density at radius 1 is 1.00 bits per heavy atom. The van der Waals surface area contributed by atoms with Crippen molar-refractivity contribution in [3.05, 3.63) is 63.7 Å². The first kappa shape index (κ1) is 15.3. The van der Waals surface area contributed by atoms with E-state index in [1.807, 2.05) is 31.2 Å². The van der Waals surface area contributed by atoms with E-state index in [0.717, 1.165) is 69.2 Å². The second kappa shape index (κ2) is 5.49. The fraction of sp³-hybridized carbons (Fsp3) is 0.227. The van der Waals surface area contributed by atoms with Gasteiger partial charge in [-0.05, 0) is 55.5 Å². The van der Waals surface area contributed by atoms with E-state index in [0.29, 0.717) is 5.58 Å². The number of methoxy groups -OCH3 is 1. The monoisotopic (exact) mass is 346 g/mol. The van der Waals surface area contributed by atoms with Gasteiger partial charge in [0.05, 0.1) is 13.4 Å². The molecule has 0 saturated carbocycles. The zero-order valence-corrected chi connectivity index (χ0v) is 14.7. The SMILES string of the molecule is COc1ccc(-c2coc3c(C)c4oc(=O)c5c(c4cc23)CCC5)cc1. The van der Waals surface area contributed by atoms with Crippen molar-refractivity contribution in [3.8, 4) is 16.9 Å². The lowest BCUT2D eigenvalue weighted by molar-refractivity contribution is 0.415. The minimum Gasteiger partial charge on any atom is -0.497 e. The van der Waals surface area contributed by atoms with E-state index in [-0.39, 0.29) is 5.63 Å². The summed E-state index contributed by atoms with van der Waals surface area (Å²) in [6.45, 7) is 1.95. The Hall–Kier alpha value is -3.01. The van der Waals surface area contributed by atoms with Crippen LogP contribution in [0.5, 0.6) is 5.75 Å². The average Bonchev–Trinajstić information content (AvgIpc) is 3.31. The molecule has 5 rings (SSSR count). The summed E-state index contributed by atoms with van der Waals surface area (Å²) in [5, 5.41) is 2.08. The van der Waals surface area contributed by atoms with E-state index in [1.54, 1.807) is 13.4 Å². The Morgan fingerprint density at radius 3 is 2.54 bits per heavy atom. The largest absolute Gasteiger partial charge is 0.497 e. The maximum absolute atomic E-state index is 12.3. The molecule has 2 aromatic heterocycles. The normalized spacial score (nSPS) is 13.5. The number of rotatable bonds is 2. The second-order valence-corrected chi connectivity index (χ2v) is 6.83. The van der Waals surface area contributed by atoms with Crippen LogP contribution in [0, 0.1) is 6.92 Å². The lowest BCUT2D eigenvalue weighted by Gasteiger charge is -2.08. The highest BCUT2D eigenvalue weighted by Crippen LogP contribution is 2.39. The lowest BCUT2D eigenvalue weighted by Crippen LogP contribution is -2.07. The summed E-state index contributed by atoms with van der Waals surface area (Å²) >= 11 is 0. The number of ether oxygens (including phenoxy) is 1. The molecule has 4 heteroatoms. The summed E-state index contributed by atoms with van der Waals surface area (Å²) in [6, 6.07) is 10.1. The van der Waals surface area contributed by atoms with Crippen LogP contribution in [-0.4, -0.2) is 7.11 Å². The van der Waals surface area contributed by atoms with Gasteiger partial charge in [-0.15, -0.1) is 0 Å². The zero-order chi connectivity index (χ0) is 17.8. The predicted molar refractivity (Wildman–Crippen MR) is 101 cm³/mol. The Balaban J connectivity index is 1.82. The topological polar surface area (TPSA) is 52.6 Å². The molecule has 4 nitrogen and oxygen atoms in total. The third-order valence-corrected chi connectivity index (χ3v) is 5.43. The molecule has 0 aliphatic heterocycles. The summed E-state index contributed by atoms with van der Waals surface area (Å²) in [7, 11) is 1.66. The van der Waals surface area contributed by atoms with Crippen LogP contribution in [-0.2, 0) is 12.8 Å². The first-order valence-electron chi connectivity index (χ1n) is 8.81. The molecule has 2 heterocycles. The molecule has 0 spiro atoms. The maximum atomic E-state index is 12.3. The van der Waals surface area contributed by atoms with Gasteiger partial charge in [0.1, 0.15) is 16.9 Å². The van der Waals surface area contributed by atoms with Gasteiger partial charge in [-0.1, -0.05) is 12.1 Å². The van der Waals surface area contributed by atoms with Gasteiger partial charge in [0.15, 0.2) is 0 Å². The molecule has 0 fully saturated rings. The predicted octanol–water partition coefficient (Wildman–Crippen LogP) is 5.01. The smallest absolute Gasteiger partial charge is 0.339 e. The summed E-state index contributed by atoms with van der Waals surface area (Å²) in [4.78, 5) is 12.3. The fourth-order valence-corrected chi connectivity index (χ4v) is 4.09. The maximum Gasteiger partial charge on any atom is 0.339 e. The zero-order valence-electron chi connectivity index (χ0n) is 14.7. The minimum absolute atomic E-state index is 0.200. The van der Waals surface area contributed by atoms with Crippen LogP contribution >= 0.6 is 0 Å².